The van der Waals surface area contributed by atoms with Crippen LogP contribution in [0.2, 0.25) is 0 Å². The van der Waals surface area contributed by atoms with Gasteiger partial charge in [0.15, 0.2) is 17.3 Å². The standard InChI is InChI=1S/C92H131Br2N9O21/c1-16-60(8)85(78(117-14)51-81(108)100-31-23-26-71(100)86(118-15)62(10)73(104)46-64(92(114)115)45-63-24-19-17-20-25-63)99(12)89(111)67(56(2)3)47-74(105)84(57(4)5)98(11)79(106)27-34-119-38-40-121-36-29-95-87(109)82(93)83(94)88(110)96-30-37-122-41-39-120-35-28-80(107)103-55-66-43-59(7)54-102(66)91(113)69-48-76(116-13)77(50-72(69)103)124-33-22-18-21-32-123-75-49-70-68(44-61(75)9)90(112)101-53-58(6)42-65(101)52-97-70/h17,19-20,24-25,44,48-50,52,56-57,60,62,64-67,71,78,82-86H,6-7,16,18,21-23,26-43,45-47,51,53-55H2,1-5,8-15H3,(H,95,109)(H,96,110)(H,114,115)/t60-,62-,64+,65-,66-,67-,71-,78+,82?,83?,84-,85-,86+/m0/s1. The Labute approximate surface area is 747 Å². The van der Waals surface area contributed by atoms with Gasteiger partial charge in [-0.3, -0.25) is 57.7 Å². The second-order valence-electron chi connectivity index (χ2n) is 33.7. The summed E-state index contributed by atoms with van der Waals surface area (Å²) in [6, 6.07) is 13.9. The Hall–Kier alpha value is -8.50. The number of aliphatic imine (C=N–C) groups is 1. The van der Waals surface area contributed by atoms with Crippen LogP contribution >= 0.6 is 31.9 Å². The number of carboxylic acid groups (broad SMARTS) is 1. The number of anilines is 1. The third kappa shape index (κ3) is 27.5. The molecule has 30 nitrogen and oxygen atoms in total. The van der Waals surface area contributed by atoms with E-state index >= 15 is 0 Å². The number of halogens is 2. The van der Waals surface area contributed by atoms with E-state index in [-0.39, 0.29) is 188 Å². The molecule has 3 aromatic carbocycles. The molecule has 32 heteroatoms. The molecule has 0 saturated carbocycles. The molecule has 0 aliphatic carbocycles. The summed E-state index contributed by atoms with van der Waals surface area (Å²) >= 11 is 6.64. The lowest BCUT2D eigenvalue weighted by Gasteiger charge is -2.41. The van der Waals surface area contributed by atoms with Crippen LogP contribution in [0.4, 0.5) is 11.4 Å². The van der Waals surface area contributed by atoms with Crippen molar-refractivity contribution >= 4 is 114 Å². The lowest BCUT2D eigenvalue weighted by atomic mass is 9.83. The number of likely N-dealkylation sites (tertiary alicyclic amines) is 1. The number of aliphatic carboxylic acids is 1. The first-order valence-corrected chi connectivity index (χ1v) is 45.3. The van der Waals surface area contributed by atoms with E-state index in [0.717, 1.165) is 35.1 Å². The molecule has 13 atom stereocenters. The van der Waals surface area contributed by atoms with Crippen molar-refractivity contribution in [1.29, 1.82) is 0 Å². The van der Waals surface area contributed by atoms with Crippen LogP contribution in [0.25, 0.3) is 0 Å². The van der Waals surface area contributed by atoms with Crippen molar-refractivity contribution in [1.82, 2.24) is 35.1 Å². The maximum atomic E-state index is 14.9. The van der Waals surface area contributed by atoms with E-state index in [2.05, 4.69) is 60.6 Å². The zero-order chi connectivity index (χ0) is 90.6. The maximum Gasteiger partial charge on any atom is 0.307 e. The molecule has 5 heterocycles. The number of ketones is 2. The monoisotopic (exact) mass is 1860 g/mol. The summed E-state index contributed by atoms with van der Waals surface area (Å²) in [6.07, 6.45) is 5.49. The average Bonchev–Trinajstić information content (AvgIpc) is 1.61. The minimum absolute atomic E-state index is 0.0110. The number of carbonyl (C=O) groups is 11. The predicted molar refractivity (Wildman–Crippen MR) is 477 cm³/mol. The number of carbonyl (C=O) groups excluding carboxylic acids is 10. The van der Waals surface area contributed by atoms with E-state index in [4.69, 9.17) is 42.6 Å². The Morgan fingerprint density at radius 3 is 1.85 bits per heavy atom. The molecule has 5 aliphatic rings. The molecule has 0 spiro atoms. The van der Waals surface area contributed by atoms with Gasteiger partial charge in [0.2, 0.25) is 35.4 Å². The molecular weight excluding hydrogens is 1730 g/mol. The molecule has 3 N–H and O–H groups in total. The Morgan fingerprint density at radius 1 is 0.653 bits per heavy atom. The number of amides is 8. The largest absolute Gasteiger partial charge is 0.493 e. The van der Waals surface area contributed by atoms with Crippen LogP contribution in [0.1, 0.15) is 164 Å². The number of rotatable bonds is 53. The first-order chi connectivity index (χ1) is 59.2. The van der Waals surface area contributed by atoms with Crippen molar-refractivity contribution < 1.29 is 100 Å². The van der Waals surface area contributed by atoms with Crippen molar-refractivity contribution in [2.24, 2.45) is 40.5 Å². The molecule has 3 saturated heterocycles. The van der Waals surface area contributed by atoms with Crippen LogP contribution < -0.4 is 29.7 Å². The lowest BCUT2D eigenvalue weighted by Crippen LogP contribution is -2.54. The van der Waals surface area contributed by atoms with Crippen LogP contribution in [0.15, 0.2) is 83.9 Å². The van der Waals surface area contributed by atoms with E-state index in [9.17, 15) is 57.8 Å². The van der Waals surface area contributed by atoms with Gasteiger partial charge in [-0.1, -0.05) is 141 Å². The zero-order valence-electron chi connectivity index (χ0n) is 74.6. The first-order valence-electron chi connectivity index (χ1n) is 43.5. The smallest absolute Gasteiger partial charge is 0.307 e. The molecule has 3 aromatic rings. The molecule has 8 rings (SSSR count). The van der Waals surface area contributed by atoms with E-state index in [0.29, 0.717) is 111 Å². The van der Waals surface area contributed by atoms with E-state index in [1.165, 1.54) is 26.2 Å². The normalized spacial score (nSPS) is 18.6. The fourth-order valence-electron chi connectivity index (χ4n) is 17.1. The number of hydrogen-bond donors (Lipinski definition) is 3. The highest BCUT2D eigenvalue weighted by Gasteiger charge is 2.46. The van der Waals surface area contributed by atoms with Gasteiger partial charge < -0.3 is 87.8 Å². The van der Waals surface area contributed by atoms with Gasteiger partial charge in [-0.2, -0.15) is 0 Å². The molecule has 0 bridgehead atoms. The van der Waals surface area contributed by atoms with E-state index in [1.807, 2.05) is 102 Å². The van der Waals surface area contributed by atoms with Crippen molar-refractivity contribution in [3.63, 3.8) is 0 Å². The van der Waals surface area contributed by atoms with Gasteiger partial charge in [0.1, 0.15) is 21.2 Å². The van der Waals surface area contributed by atoms with Crippen LogP contribution in [0, 0.1) is 42.4 Å². The molecule has 2 unspecified atom stereocenters. The van der Waals surface area contributed by atoms with Crippen LogP contribution in [-0.4, -0.2) is 293 Å². The summed E-state index contributed by atoms with van der Waals surface area (Å²) in [5.41, 5.74) is 5.46. The number of benzene rings is 3. The Morgan fingerprint density at radius 2 is 1.26 bits per heavy atom. The number of Topliss-reactive ketones (excluding diaryl/α,β-unsaturated/α-hetero) is 2. The van der Waals surface area contributed by atoms with Gasteiger partial charge in [0.25, 0.3) is 11.8 Å². The Kier molecular flexibility index (Phi) is 40.3. The number of nitrogens with zero attached hydrogens (tertiary/aromatic N) is 7. The summed E-state index contributed by atoms with van der Waals surface area (Å²) in [7, 11) is 7.78. The summed E-state index contributed by atoms with van der Waals surface area (Å²) in [4.78, 5) is 164. The highest BCUT2D eigenvalue weighted by Crippen LogP contribution is 2.42. The molecule has 3 fully saturated rings. The second kappa shape index (κ2) is 49.6. The number of unbranched alkanes of at least 4 members (excludes halogenated alkanes) is 2. The zero-order valence-corrected chi connectivity index (χ0v) is 77.7. The van der Waals surface area contributed by atoms with Gasteiger partial charge in [0, 0.05) is 111 Å². The number of ether oxygens (including phenoxy) is 9. The Balaban J connectivity index is 0.686. The molecular formula is C92H131Br2N9O21. The third-order valence-corrected chi connectivity index (χ3v) is 26.8. The van der Waals surface area contributed by atoms with Crippen LogP contribution in [0.3, 0.4) is 0 Å². The average molecular weight is 1860 g/mol. The van der Waals surface area contributed by atoms with E-state index in [1.54, 1.807) is 52.8 Å². The molecule has 8 amide bonds. The topological polar surface area (TPSA) is 347 Å². The SMILES string of the molecule is C=C1C[C@H]2CN(C(=O)CCOCCOCCNC(=O)C(Br)C(Br)C(=O)NCCOCCOCCC(=O)N(C)[C@H](C(=O)C[C@H](C(=O)N(C)[C@@H]([C@@H](C)CC)[C@@H](CC(=O)N3CCC[C@H]3[C@H](OC)[C@@H](C)C(=O)C[C@@H](Cc3ccccc3)C(=O)O)OC)C(C)C)C(C)C)c3cc(OCCCCCOc4cc5c(cc4C)C(=O)N4CC(=C)C[C@H]4C=N5)c(OC)cc3C(=O)N2C1. The Bertz CT molecular complexity index is 4210. The van der Waals surface area contributed by atoms with Crippen molar-refractivity contribution in [3.8, 4) is 17.2 Å². The summed E-state index contributed by atoms with van der Waals surface area (Å²) in [5, 5.41) is 15.6. The van der Waals surface area contributed by atoms with Gasteiger partial charge >= 0.3 is 5.97 Å². The minimum atomic E-state index is -1.06. The maximum absolute atomic E-state index is 14.9. The minimum Gasteiger partial charge on any atom is -0.493 e. The van der Waals surface area contributed by atoms with Crippen molar-refractivity contribution in [3.05, 3.63) is 101 Å². The van der Waals surface area contributed by atoms with Gasteiger partial charge in [-0.25, -0.2) is 0 Å². The summed E-state index contributed by atoms with van der Waals surface area (Å²) in [6.45, 7) is 26.9. The van der Waals surface area contributed by atoms with Crippen molar-refractivity contribution in [2.75, 3.05) is 146 Å². The van der Waals surface area contributed by atoms with E-state index < -0.39 is 75.5 Å². The molecule has 0 radical (unpaired) electrons. The molecule has 124 heavy (non-hydrogen) atoms. The van der Waals surface area contributed by atoms with Gasteiger partial charge in [0.05, 0.1) is 163 Å². The number of methoxy groups -OCH3 is 3. The van der Waals surface area contributed by atoms with Crippen LogP contribution in [0.5, 0.6) is 17.2 Å². The van der Waals surface area contributed by atoms with Crippen molar-refractivity contribution in [2.45, 2.75) is 197 Å². The molecule has 684 valence electrons. The number of nitrogens with one attached hydrogen (secondary N) is 2. The fourth-order valence-corrected chi connectivity index (χ4v) is 17.9. The predicted octanol–water partition coefficient (Wildman–Crippen LogP) is 10.4. The molecule has 0 aromatic heterocycles. The van der Waals surface area contributed by atoms with Gasteiger partial charge in [-0.05, 0) is 99.3 Å². The summed E-state index contributed by atoms with van der Waals surface area (Å²) in [5.74, 6) is -5.60. The van der Waals surface area contributed by atoms with Gasteiger partial charge in [-0.15, -0.1) is 0 Å². The molecule has 5 aliphatic heterocycles. The summed E-state index contributed by atoms with van der Waals surface area (Å²) < 4.78 is 53.2. The second-order valence-corrected chi connectivity index (χ2v) is 35.7. The quantitative estimate of drug-likeness (QED) is 0.0268. The fraction of sp³-hybridized carbons (Fsp3) is 0.630. The highest BCUT2D eigenvalue weighted by atomic mass is 79.9. The number of fused-ring (bicyclic) bond motifs is 4. The highest BCUT2D eigenvalue weighted by molar-refractivity contribution is 9.12. The first kappa shape index (κ1) is 101. The number of likely N-dealkylation sites (N-methyl/N-ethyl adjacent to an activating group) is 2. The number of aryl methyl sites for hydroxylation is 1. The number of alkyl halides is 2. The van der Waals surface area contributed by atoms with Crippen LogP contribution in [-0.2, 0) is 78.0 Å². The third-order valence-electron chi connectivity index (χ3n) is 24.2. The number of hydrogen-bond acceptors (Lipinski definition) is 21. The lowest BCUT2D eigenvalue weighted by molar-refractivity contribution is -0.150. The number of carboxylic acids is 1.